The molecule has 1 aromatic rings. The number of benzene rings is 1. The molecule has 1 fully saturated rings. The Morgan fingerprint density at radius 2 is 2.30 bits per heavy atom. The van der Waals surface area contributed by atoms with Gasteiger partial charge in [0.25, 0.3) is 5.69 Å². The van der Waals surface area contributed by atoms with E-state index in [9.17, 15) is 10.1 Å². The number of rotatable bonds is 6. The van der Waals surface area contributed by atoms with Crippen LogP contribution in [0.5, 0.6) is 0 Å². The van der Waals surface area contributed by atoms with Crippen molar-refractivity contribution in [2.24, 2.45) is 0 Å². The predicted octanol–water partition coefficient (Wildman–Crippen LogP) is 3.30. The first-order valence-electron chi connectivity index (χ1n) is 6.92. The van der Waals surface area contributed by atoms with Crippen molar-refractivity contribution in [1.29, 1.82) is 0 Å². The normalized spacial score (nSPS) is 18.9. The molecule has 110 valence electrons. The first-order chi connectivity index (χ1) is 9.66. The number of halogens is 1. The molecule has 20 heavy (non-hydrogen) atoms. The van der Waals surface area contributed by atoms with Crippen LogP contribution >= 0.6 is 11.6 Å². The van der Waals surface area contributed by atoms with E-state index in [1.54, 1.807) is 12.1 Å². The molecule has 1 saturated heterocycles. The summed E-state index contributed by atoms with van der Waals surface area (Å²) in [6, 6.07) is 4.77. The molecule has 0 aromatic heterocycles. The van der Waals surface area contributed by atoms with Gasteiger partial charge in [-0.25, -0.2) is 0 Å². The lowest BCUT2D eigenvalue weighted by Crippen LogP contribution is -2.25. The Kier molecular flexibility index (Phi) is 5.76. The van der Waals surface area contributed by atoms with E-state index in [0.29, 0.717) is 23.2 Å². The summed E-state index contributed by atoms with van der Waals surface area (Å²) in [6.07, 6.45) is 4.77. The minimum absolute atomic E-state index is 0.0684. The highest BCUT2D eigenvalue weighted by molar-refractivity contribution is 6.30. The van der Waals surface area contributed by atoms with Crippen molar-refractivity contribution in [2.45, 2.75) is 38.3 Å². The summed E-state index contributed by atoms with van der Waals surface area (Å²) in [6.45, 7) is 2.12. The SMILES string of the molecule is O=[N+]([O-])c1cc(Cl)ccc1CNCCC1CCCCO1. The predicted molar refractivity (Wildman–Crippen MR) is 78.0 cm³/mol. The van der Waals surface area contributed by atoms with Gasteiger partial charge in [-0.3, -0.25) is 10.1 Å². The standard InChI is InChI=1S/C14H19ClN2O3/c15-12-5-4-11(14(9-12)17(18)19)10-16-7-6-13-3-1-2-8-20-13/h4-5,9,13,16H,1-3,6-8,10H2. The number of ether oxygens (including phenoxy) is 1. The van der Waals surface area contributed by atoms with Crippen molar-refractivity contribution in [3.8, 4) is 0 Å². The van der Waals surface area contributed by atoms with Crippen LogP contribution in [0.25, 0.3) is 0 Å². The number of hydrogen-bond acceptors (Lipinski definition) is 4. The maximum absolute atomic E-state index is 11.0. The molecule has 0 saturated carbocycles. The smallest absolute Gasteiger partial charge is 0.275 e. The number of nitro groups is 1. The summed E-state index contributed by atoms with van der Waals surface area (Å²) in [7, 11) is 0. The Labute approximate surface area is 123 Å². The molecule has 1 aromatic carbocycles. The van der Waals surface area contributed by atoms with Crippen molar-refractivity contribution in [1.82, 2.24) is 5.32 Å². The fraction of sp³-hybridized carbons (Fsp3) is 0.571. The molecular formula is C14H19ClN2O3. The summed E-state index contributed by atoms with van der Waals surface area (Å²) in [5.74, 6) is 0. The molecule has 1 aliphatic rings. The van der Waals surface area contributed by atoms with Crippen LogP contribution in [0.15, 0.2) is 18.2 Å². The molecule has 1 unspecified atom stereocenters. The molecule has 0 radical (unpaired) electrons. The molecule has 1 aliphatic heterocycles. The van der Waals surface area contributed by atoms with Crippen LogP contribution in [0, 0.1) is 10.1 Å². The van der Waals surface area contributed by atoms with Crippen LogP contribution in [0.2, 0.25) is 5.02 Å². The molecule has 1 heterocycles. The number of nitro benzene ring substituents is 1. The Morgan fingerprint density at radius 3 is 3.00 bits per heavy atom. The Hall–Kier alpha value is -1.17. The van der Waals surface area contributed by atoms with Gasteiger partial charge in [0.15, 0.2) is 0 Å². The van der Waals surface area contributed by atoms with E-state index in [-0.39, 0.29) is 5.69 Å². The van der Waals surface area contributed by atoms with Gasteiger partial charge in [-0.2, -0.15) is 0 Å². The van der Waals surface area contributed by atoms with Gasteiger partial charge in [-0.05, 0) is 44.4 Å². The molecule has 0 amide bonds. The highest BCUT2D eigenvalue weighted by Crippen LogP contribution is 2.23. The van der Waals surface area contributed by atoms with E-state index in [4.69, 9.17) is 16.3 Å². The van der Waals surface area contributed by atoms with E-state index < -0.39 is 4.92 Å². The fourth-order valence-electron chi connectivity index (χ4n) is 2.38. The third kappa shape index (κ3) is 4.44. The summed E-state index contributed by atoms with van der Waals surface area (Å²) >= 11 is 5.78. The van der Waals surface area contributed by atoms with E-state index >= 15 is 0 Å². The topological polar surface area (TPSA) is 64.4 Å². The highest BCUT2D eigenvalue weighted by Gasteiger charge is 2.15. The summed E-state index contributed by atoms with van der Waals surface area (Å²) in [4.78, 5) is 10.6. The van der Waals surface area contributed by atoms with Gasteiger partial charge in [0.2, 0.25) is 0 Å². The molecule has 2 rings (SSSR count). The van der Waals surface area contributed by atoms with Crippen molar-refractivity contribution in [3.63, 3.8) is 0 Å². The minimum Gasteiger partial charge on any atom is -0.378 e. The molecule has 5 nitrogen and oxygen atoms in total. The lowest BCUT2D eigenvalue weighted by molar-refractivity contribution is -0.385. The van der Waals surface area contributed by atoms with Gasteiger partial charge < -0.3 is 10.1 Å². The number of hydrogen-bond donors (Lipinski definition) is 1. The summed E-state index contributed by atoms with van der Waals surface area (Å²) in [5, 5.41) is 14.6. The largest absolute Gasteiger partial charge is 0.378 e. The second kappa shape index (κ2) is 7.57. The lowest BCUT2D eigenvalue weighted by Gasteiger charge is -2.22. The summed E-state index contributed by atoms with van der Waals surface area (Å²) in [5.41, 5.74) is 0.725. The fourth-order valence-corrected chi connectivity index (χ4v) is 2.54. The number of nitrogens with one attached hydrogen (secondary N) is 1. The van der Waals surface area contributed by atoms with Crippen molar-refractivity contribution in [3.05, 3.63) is 38.9 Å². The Morgan fingerprint density at radius 1 is 1.45 bits per heavy atom. The number of nitrogens with zero attached hydrogens (tertiary/aromatic N) is 1. The van der Waals surface area contributed by atoms with Gasteiger partial charge >= 0.3 is 0 Å². The zero-order chi connectivity index (χ0) is 14.4. The first-order valence-corrected chi connectivity index (χ1v) is 7.30. The Bertz CT molecular complexity index is 462. The van der Waals surface area contributed by atoms with Gasteiger partial charge in [-0.15, -0.1) is 0 Å². The third-order valence-electron chi connectivity index (χ3n) is 3.48. The molecule has 1 atom stereocenters. The van der Waals surface area contributed by atoms with Crippen LogP contribution in [0.1, 0.15) is 31.2 Å². The minimum atomic E-state index is -0.396. The van der Waals surface area contributed by atoms with E-state index in [1.165, 1.54) is 12.5 Å². The van der Waals surface area contributed by atoms with Crippen LogP contribution in [-0.4, -0.2) is 24.2 Å². The van der Waals surface area contributed by atoms with Gasteiger partial charge in [0.1, 0.15) is 0 Å². The molecule has 1 N–H and O–H groups in total. The monoisotopic (exact) mass is 298 g/mol. The average Bonchev–Trinajstić information content (AvgIpc) is 2.45. The average molecular weight is 299 g/mol. The van der Waals surface area contributed by atoms with E-state index in [1.807, 2.05) is 0 Å². The highest BCUT2D eigenvalue weighted by atomic mass is 35.5. The van der Waals surface area contributed by atoms with Gasteiger partial charge in [0, 0.05) is 29.8 Å². The maximum atomic E-state index is 11.0. The van der Waals surface area contributed by atoms with Crippen LogP contribution in [-0.2, 0) is 11.3 Å². The van der Waals surface area contributed by atoms with Gasteiger partial charge in [-0.1, -0.05) is 11.6 Å². The molecular weight excluding hydrogens is 280 g/mol. The van der Waals surface area contributed by atoms with Crippen LogP contribution in [0.4, 0.5) is 5.69 Å². The molecule has 0 spiro atoms. The van der Waals surface area contributed by atoms with Crippen molar-refractivity contribution >= 4 is 17.3 Å². The third-order valence-corrected chi connectivity index (χ3v) is 3.71. The van der Waals surface area contributed by atoms with Crippen molar-refractivity contribution in [2.75, 3.05) is 13.2 Å². The molecule has 0 aliphatic carbocycles. The summed E-state index contributed by atoms with van der Waals surface area (Å²) < 4.78 is 5.64. The second-order valence-electron chi connectivity index (χ2n) is 4.98. The van der Waals surface area contributed by atoms with E-state index in [0.717, 1.165) is 32.4 Å². The van der Waals surface area contributed by atoms with Gasteiger partial charge in [0.05, 0.1) is 11.0 Å². The maximum Gasteiger partial charge on any atom is 0.275 e. The second-order valence-corrected chi connectivity index (χ2v) is 5.42. The molecule has 0 bridgehead atoms. The quantitative estimate of drug-likeness (QED) is 0.497. The van der Waals surface area contributed by atoms with Crippen LogP contribution < -0.4 is 5.32 Å². The van der Waals surface area contributed by atoms with Crippen molar-refractivity contribution < 1.29 is 9.66 Å². The Balaban J connectivity index is 1.80. The zero-order valence-corrected chi connectivity index (χ0v) is 12.1. The van der Waals surface area contributed by atoms with Crippen LogP contribution in [0.3, 0.4) is 0 Å². The lowest BCUT2D eigenvalue weighted by atomic mass is 10.1. The van der Waals surface area contributed by atoms with E-state index in [2.05, 4.69) is 5.32 Å². The first kappa shape index (κ1) is 15.2. The zero-order valence-electron chi connectivity index (χ0n) is 11.3. The molecule has 6 heteroatoms.